The molecule has 0 amide bonds. The van der Waals surface area contributed by atoms with E-state index in [0.717, 1.165) is 25.9 Å². The molecule has 1 aliphatic heterocycles. The first-order valence-corrected chi connectivity index (χ1v) is 6.73. The van der Waals surface area contributed by atoms with Crippen LogP contribution in [0, 0.1) is 5.82 Å². The monoisotopic (exact) mass is 281 g/mol. The highest BCUT2D eigenvalue weighted by Crippen LogP contribution is 2.25. The number of carbonyl (C=O) groups is 1. The van der Waals surface area contributed by atoms with Gasteiger partial charge in [-0.2, -0.15) is 0 Å². The van der Waals surface area contributed by atoms with E-state index in [9.17, 15) is 9.18 Å². The van der Waals surface area contributed by atoms with Crippen LogP contribution in [0.1, 0.15) is 35.7 Å². The molecule has 1 fully saturated rings. The number of carboxylic acid groups (broad SMARTS) is 1. The van der Waals surface area contributed by atoms with Gasteiger partial charge in [0.25, 0.3) is 0 Å². The molecule has 4 nitrogen and oxygen atoms in total. The zero-order chi connectivity index (χ0) is 14.8. The Morgan fingerprint density at radius 3 is 2.95 bits per heavy atom. The van der Waals surface area contributed by atoms with Crippen molar-refractivity contribution in [2.45, 2.75) is 31.9 Å². The molecule has 0 spiro atoms. The van der Waals surface area contributed by atoms with E-state index in [4.69, 9.17) is 9.84 Å². The lowest BCUT2D eigenvalue weighted by Gasteiger charge is -2.39. The van der Waals surface area contributed by atoms with E-state index >= 15 is 0 Å². The summed E-state index contributed by atoms with van der Waals surface area (Å²) in [4.78, 5) is 13.1. The molecule has 20 heavy (non-hydrogen) atoms. The van der Waals surface area contributed by atoms with E-state index in [0.29, 0.717) is 12.1 Å². The largest absolute Gasteiger partial charge is 0.478 e. The number of benzene rings is 1. The Labute approximate surface area is 118 Å². The van der Waals surface area contributed by atoms with Crippen molar-refractivity contribution in [3.05, 3.63) is 35.1 Å². The van der Waals surface area contributed by atoms with Crippen LogP contribution in [0.3, 0.4) is 0 Å². The number of ether oxygens (including phenoxy) is 1. The number of likely N-dealkylation sites (tertiary alicyclic amines) is 1. The average Bonchev–Trinajstić information content (AvgIpc) is 2.41. The van der Waals surface area contributed by atoms with Crippen LogP contribution in [0.5, 0.6) is 0 Å². The maximum atomic E-state index is 13.8. The Kier molecular flexibility index (Phi) is 4.40. The molecule has 1 unspecified atom stereocenters. The van der Waals surface area contributed by atoms with Gasteiger partial charge in [0.15, 0.2) is 0 Å². The van der Waals surface area contributed by atoms with Crippen LogP contribution in [0.15, 0.2) is 18.2 Å². The first-order chi connectivity index (χ1) is 9.43. The maximum absolute atomic E-state index is 13.8. The molecule has 1 aliphatic rings. The standard InChI is InChI=1S/C15H20FNO3/c1-15(20-2)6-3-7-17(10-15)9-12-8-11(14(18)19)4-5-13(12)16/h4-5,8H,3,6-7,9-10H2,1-2H3,(H,18,19). The zero-order valence-corrected chi connectivity index (χ0v) is 11.9. The minimum absolute atomic E-state index is 0.118. The lowest BCUT2D eigenvalue weighted by atomic mass is 9.94. The van der Waals surface area contributed by atoms with Crippen LogP contribution >= 0.6 is 0 Å². The lowest BCUT2D eigenvalue weighted by molar-refractivity contribution is -0.0529. The van der Waals surface area contributed by atoms with Crippen molar-refractivity contribution in [3.63, 3.8) is 0 Å². The van der Waals surface area contributed by atoms with Crippen molar-refractivity contribution in [2.75, 3.05) is 20.2 Å². The van der Waals surface area contributed by atoms with Gasteiger partial charge in [0.05, 0.1) is 11.2 Å². The van der Waals surface area contributed by atoms with E-state index in [-0.39, 0.29) is 17.0 Å². The Hall–Kier alpha value is -1.46. The third-order valence-corrected chi connectivity index (χ3v) is 3.92. The number of halogens is 1. The molecule has 1 saturated heterocycles. The number of methoxy groups -OCH3 is 1. The highest BCUT2D eigenvalue weighted by Gasteiger charge is 2.30. The summed E-state index contributed by atoms with van der Waals surface area (Å²) >= 11 is 0. The summed E-state index contributed by atoms with van der Waals surface area (Å²) in [5, 5.41) is 8.97. The molecule has 1 atom stereocenters. The summed E-state index contributed by atoms with van der Waals surface area (Å²) in [6.45, 7) is 4.05. The normalized spacial score (nSPS) is 23.8. The number of piperidine rings is 1. The first-order valence-electron chi connectivity index (χ1n) is 6.73. The van der Waals surface area contributed by atoms with Crippen LogP contribution in [-0.4, -0.2) is 41.8 Å². The highest BCUT2D eigenvalue weighted by atomic mass is 19.1. The predicted molar refractivity (Wildman–Crippen MR) is 73.3 cm³/mol. The van der Waals surface area contributed by atoms with Crippen LogP contribution in [-0.2, 0) is 11.3 Å². The molecule has 1 heterocycles. The van der Waals surface area contributed by atoms with E-state index < -0.39 is 5.97 Å². The van der Waals surface area contributed by atoms with Gasteiger partial charge in [-0.25, -0.2) is 9.18 Å². The van der Waals surface area contributed by atoms with E-state index in [1.165, 1.54) is 18.2 Å². The van der Waals surface area contributed by atoms with Gasteiger partial charge < -0.3 is 9.84 Å². The van der Waals surface area contributed by atoms with Gasteiger partial charge in [-0.3, -0.25) is 4.90 Å². The van der Waals surface area contributed by atoms with Crippen molar-refractivity contribution in [2.24, 2.45) is 0 Å². The van der Waals surface area contributed by atoms with Gasteiger partial charge >= 0.3 is 5.97 Å². The Morgan fingerprint density at radius 1 is 1.55 bits per heavy atom. The van der Waals surface area contributed by atoms with Crippen LogP contribution in [0.25, 0.3) is 0 Å². The topological polar surface area (TPSA) is 49.8 Å². The molecule has 0 saturated carbocycles. The molecule has 0 radical (unpaired) electrons. The number of nitrogens with zero attached hydrogens (tertiary/aromatic N) is 1. The quantitative estimate of drug-likeness (QED) is 0.921. The van der Waals surface area contributed by atoms with Crippen LogP contribution in [0.4, 0.5) is 4.39 Å². The number of rotatable bonds is 4. The molecular formula is C15H20FNO3. The summed E-state index contributed by atoms with van der Waals surface area (Å²) in [5.41, 5.74) is 0.331. The predicted octanol–water partition coefficient (Wildman–Crippen LogP) is 2.52. The van der Waals surface area contributed by atoms with Crippen LogP contribution < -0.4 is 0 Å². The van der Waals surface area contributed by atoms with Crippen molar-refractivity contribution in [1.29, 1.82) is 0 Å². The van der Waals surface area contributed by atoms with Gasteiger partial charge in [-0.15, -0.1) is 0 Å². The molecule has 0 aromatic heterocycles. The number of carboxylic acids is 1. The third kappa shape index (κ3) is 3.35. The van der Waals surface area contributed by atoms with E-state index in [1.807, 2.05) is 6.92 Å². The summed E-state index contributed by atoms with van der Waals surface area (Å²) in [7, 11) is 1.69. The SMILES string of the molecule is COC1(C)CCCN(Cc2cc(C(=O)O)ccc2F)C1. The summed E-state index contributed by atoms with van der Waals surface area (Å²) in [5.74, 6) is -1.40. The second kappa shape index (κ2) is 5.89. The second-order valence-electron chi connectivity index (χ2n) is 5.58. The van der Waals surface area contributed by atoms with E-state index in [1.54, 1.807) is 7.11 Å². The molecule has 110 valence electrons. The fraction of sp³-hybridized carbons (Fsp3) is 0.533. The molecule has 5 heteroatoms. The minimum Gasteiger partial charge on any atom is -0.478 e. The molecule has 2 rings (SSSR count). The molecule has 0 aliphatic carbocycles. The van der Waals surface area contributed by atoms with Gasteiger partial charge in [0.2, 0.25) is 0 Å². The van der Waals surface area contributed by atoms with Gasteiger partial charge in [0, 0.05) is 25.8 Å². The smallest absolute Gasteiger partial charge is 0.335 e. The lowest BCUT2D eigenvalue weighted by Crippen LogP contribution is -2.46. The average molecular weight is 281 g/mol. The summed E-state index contributed by atoms with van der Waals surface area (Å²) in [6, 6.07) is 3.92. The van der Waals surface area contributed by atoms with Crippen molar-refractivity contribution >= 4 is 5.97 Å². The Balaban J connectivity index is 2.13. The number of hydrogen-bond donors (Lipinski definition) is 1. The van der Waals surface area contributed by atoms with Gasteiger partial charge in [-0.1, -0.05) is 0 Å². The second-order valence-corrected chi connectivity index (χ2v) is 5.58. The Morgan fingerprint density at radius 2 is 2.30 bits per heavy atom. The van der Waals surface area contributed by atoms with Crippen molar-refractivity contribution < 1.29 is 19.0 Å². The molecular weight excluding hydrogens is 261 g/mol. The fourth-order valence-corrected chi connectivity index (χ4v) is 2.68. The van der Waals surface area contributed by atoms with E-state index in [2.05, 4.69) is 4.90 Å². The van der Waals surface area contributed by atoms with Crippen molar-refractivity contribution in [1.82, 2.24) is 4.90 Å². The van der Waals surface area contributed by atoms with Gasteiger partial charge in [-0.05, 0) is 44.5 Å². The third-order valence-electron chi connectivity index (χ3n) is 3.92. The summed E-state index contributed by atoms with van der Waals surface area (Å²) in [6.07, 6.45) is 1.97. The van der Waals surface area contributed by atoms with Crippen LogP contribution in [0.2, 0.25) is 0 Å². The zero-order valence-electron chi connectivity index (χ0n) is 11.9. The fourth-order valence-electron chi connectivity index (χ4n) is 2.68. The molecule has 0 bridgehead atoms. The number of aromatic carboxylic acids is 1. The molecule has 1 N–H and O–H groups in total. The minimum atomic E-state index is -1.04. The van der Waals surface area contributed by atoms with Crippen molar-refractivity contribution in [3.8, 4) is 0 Å². The summed E-state index contributed by atoms with van der Waals surface area (Å²) < 4.78 is 19.3. The first kappa shape index (κ1) is 14.9. The Bertz CT molecular complexity index is 506. The van der Waals surface area contributed by atoms with Gasteiger partial charge in [0.1, 0.15) is 5.82 Å². The maximum Gasteiger partial charge on any atom is 0.335 e. The molecule has 1 aromatic carbocycles. The number of hydrogen-bond acceptors (Lipinski definition) is 3. The highest BCUT2D eigenvalue weighted by molar-refractivity contribution is 5.87. The molecule has 1 aromatic rings.